The van der Waals surface area contributed by atoms with E-state index in [4.69, 9.17) is 5.84 Å². The minimum atomic E-state index is -0.564. The first-order valence-corrected chi connectivity index (χ1v) is 12.4. The van der Waals surface area contributed by atoms with Gasteiger partial charge < -0.3 is 21.8 Å². The molecule has 0 spiro atoms. The quantitative estimate of drug-likeness (QED) is 0.0504. The highest BCUT2D eigenvalue weighted by molar-refractivity contribution is 6.31. The second-order valence-corrected chi connectivity index (χ2v) is 8.39. The van der Waals surface area contributed by atoms with E-state index in [0.29, 0.717) is 74.1 Å². The van der Waals surface area contributed by atoms with Crippen LogP contribution in [0.25, 0.3) is 0 Å². The van der Waals surface area contributed by atoms with Gasteiger partial charge in [0.25, 0.3) is 0 Å². The summed E-state index contributed by atoms with van der Waals surface area (Å²) in [6.07, 6.45) is 5.21. The lowest BCUT2D eigenvalue weighted by atomic mass is 10.0. The molecule has 0 aromatic heterocycles. The molecular weight excluding hydrogens is 492 g/mol. The lowest BCUT2D eigenvalue weighted by Crippen LogP contribution is -2.44. The molecule has 0 fully saturated rings. The van der Waals surface area contributed by atoms with Crippen LogP contribution in [0.1, 0.15) is 48.5 Å². The van der Waals surface area contributed by atoms with Gasteiger partial charge in [-0.15, -0.1) is 0 Å². The number of hydrogen-bond acceptors (Lipinski definition) is 10. The van der Waals surface area contributed by atoms with Gasteiger partial charge in [-0.05, 0) is 32.5 Å². The number of benzene rings is 1. The van der Waals surface area contributed by atoms with Crippen molar-refractivity contribution in [2.75, 3.05) is 38.5 Å². The zero-order valence-corrected chi connectivity index (χ0v) is 21.9. The number of carbonyl (C=O) groups is 5. The van der Waals surface area contributed by atoms with Gasteiger partial charge >= 0.3 is 0 Å². The third-order valence-corrected chi connectivity index (χ3v) is 5.57. The van der Waals surface area contributed by atoms with Crippen molar-refractivity contribution in [3.8, 4) is 0 Å². The van der Waals surface area contributed by atoms with Crippen molar-refractivity contribution in [2.45, 2.75) is 45.2 Å². The molecule has 13 heteroatoms. The molecular formula is C25H38N8O5. The summed E-state index contributed by atoms with van der Waals surface area (Å²) in [7, 11) is 1.74. The molecule has 38 heavy (non-hydrogen) atoms. The number of nitrogens with zero attached hydrogens (tertiary/aromatic N) is 3. The number of likely N-dealkylation sites (N-methyl/N-ethyl adjacent to an activating group) is 1. The first kappa shape index (κ1) is 32.1. The summed E-state index contributed by atoms with van der Waals surface area (Å²) in [4.78, 5) is 63.6. The Hall–Kier alpha value is -3.97. The van der Waals surface area contributed by atoms with Crippen LogP contribution in [0.4, 0.5) is 5.69 Å². The number of hydrogen-bond donors (Lipinski definition) is 5. The lowest BCUT2D eigenvalue weighted by Gasteiger charge is -2.27. The molecule has 0 aliphatic heterocycles. The Balaban J connectivity index is 2.62. The van der Waals surface area contributed by atoms with Gasteiger partial charge in [-0.25, -0.2) is 0 Å². The summed E-state index contributed by atoms with van der Waals surface area (Å²) in [5.74, 6) is 4.60. The SMILES string of the molecule is CCCC(C(=O)NC=O)N(C)Cc1c(C=O)cccc1NC(=O)CCCNCCN=CC(CNC=O)=NN. The van der Waals surface area contributed by atoms with Crippen LogP contribution in [0.15, 0.2) is 28.3 Å². The summed E-state index contributed by atoms with van der Waals surface area (Å²) in [5.41, 5.74) is 1.95. The van der Waals surface area contributed by atoms with Gasteiger partial charge in [-0.2, -0.15) is 5.10 Å². The van der Waals surface area contributed by atoms with Gasteiger partial charge in [0.1, 0.15) is 6.29 Å². The summed E-state index contributed by atoms with van der Waals surface area (Å²) < 4.78 is 0. The second-order valence-electron chi connectivity index (χ2n) is 8.39. The number of aliphatic imine (C=N–C) groups is 1. The number of carbonyl (C=O) groups excluding carboxylic acids is 5. The van der Waals surface area contributed by atoms with Gasteiger partial charge in [0.2, 0.25) is 24.6 Å². The molecule has 0 aliphatic carbocycles. The van der Waals surface area contributed by atoms with E-state index < -0.39 is 11.9 Å². The third kappa shape index (κ3) is 11.8. The minimum Gasteiger partial charge on any atom is -0.353 e. The summed E-state index contributed by atoms with van der Waals surface area (Å²) in [6, 6.07) is 4.49. The molecule has 0 saturated carbocycles. The van der Waals surface area contributed by atoms with Crippen molar-refractivity contribution in [3.05, 3.63) is 29.3 Å². The fraction of sp³-hybridized carbons (Fsp3) is 0.480. The van der Waals surface area contributed by atoms with Crippen molar-refractivity contribution >= 4 is 48.5 Å². The van der Waals surface area contributed by atoms with Gasteiger partial charge in [0.15, 0.2) is 0 Å². The van der Waals surface area contributed by atoms with E-state index in [1.54, 1.807) is 30.1 Å². The van der Waals surface area contributed by atoms with Gasteiger partial charge in [-0.1, -0.05) is 25.5 Å². The Bertz CT molecular complexity index is 983. The van der Waals surface area contributed by atoms with E-state index in [2.05, 4.69) is 31.4 Å². The van der Waals surface area contributed by atoms with Crippen LogP contribution in [0, 0.1) is 0 Å². The van der Waals surface area contributed by atoms with E-state index in [1.807, 2.05) is 6.92 Å². The van der Waals surface area contributed by atoms with E-state index >= 15 is 0 Å². The highest BCUT2D eigenvalue weighted by atomic mass is 16.2. The monoisotopic (exact) mass is 530 g/mol. The molecule has 0 radical (unpaired) electrons. The number of nitrogens with two attached hydrogens (primary N) is 1. The molecule has 0 bridgehead atoms. The van der Waals surface area contributed by atoms with Crippen molar-refractivity contribution < 1.29 is 24.0 Å². The summed E-state index contributed by atoms with van der Waals surface area (Å²) in [6.45, 7) is 4.03. The van der Waals surface area contributed by atoms with E-state index in [1.165, 1.54) is 6.21 Å². The number of rotatable bonds is 20. The predicted octanol–water partition coefficient (Wildman–Crippen LogP) is -0.188. The summed E-state index contributed by atoms with van der Waals surface area (Å²) >= 11 is 0. The minimum absolute atomic E-state index is 0.202. The molecule has 1 rings (SSSR count). The van der Waals surface area contributed by atoms with Crippen molar-refractivity contribution in [3.63, 3.8) is 0 Å². The van der Waals surface area contributed by atoms with Crippen LogP contribution in [0.2, 0.25) is 0 Å². The van der Waals surface area contributed by atoms with E-state index in [-0.39, 0.29) is 25.4 Å². The topological polar surface area (TPSA) is 187 Å². The molecule has 1 aromatic rings. The predicted molar refractivity (Wildman–Crippen MR) is 146 cm³/mol. The molecule has 208 valence electrons. The van der Waals surface area contributed by atoms with Crippen LogP contribution >= 0.6 is 0 Å². The van der Waals surface area contributed by atoms with Crippen molar-refractivity contribution in [1.29, 1.82) is 0 Å². The first-order valence-electron chi connectivity index (χ1n) is 12.4. The molecule has 4 amide bonds. The molecule has 1 aromatic carbocycles. The number of hydrazone groups is 1. The van der Waals surface area contributed by atoms with E-state index in [9.17, 15) is 24.0 Å². The fourth-order valence-electron chi connectivity index (χ4n) is 3.64. The van der Waals surface area contributed by atoms with Crippen LogP contribution < -0.4 is 27.1 Å². The van der Waals surface area contributed by atoms with Gasteiger partial charge in [0, 0.05) is 42.5 Å². The molecule has 6 N–H and O–H groups in total. The number of imide groups is 1. The smallest absolute Gasteiger partial charge is 0.243 e. The first-order chi connectivity index (χ1) is 18.4. The second kappa shape index (κ2) is 19.2. The number of nitrogens with one attached hydrogen (secondary N) is 4. The maximum absolute atomic E-state index is 12.6. The largest absolute Gasteiger partial charge is 0.353 e. The Morgan fingerprint density at radius 1 is 1.16 bits per heavy atom. The summed E-state index contributed by atoms with van der Waals surface area (Å²) in [5, 5.41) is 14.2. The molecule has 0 heterocycles. The molecule has 1 unspecified atom stereocenters. The fourth-order valence-corrected chi connectivity index (χ4v) is 3.64. The zero-order chi connectivity index (χ0) is 28.2. The van der Waals surface area contributed by atoms with Gasteiger partial charge in [0.05, 0.1) is 24.8 Å². The Kier molecular flexibility index (Phi) is 16.2. The molecule has 0 saturated heterocycles. The zero-order valence-electron chi connectivity index (χ0n) is 21.9. The van der Waals surface area contributed by atoms with Crippen LogP contribution in [0.5, 0.6) is 0 Å². The average molecular weight is 531 g/mol. The molecule has 0 aliphatic rings. The Morgan fingerprint density at radius 3 is 2.61 bits per heavy atom. The average Bonchev–Trinajstić information content (AvgIpc) is 2.91. The highest BCUT2D eigenvalue weighted by Gasteiger charge is 2.24. The van der Waals surface area contributed by atoms with E-state index in [0.717, 1.165) is 6.42 Å². The third-order valence-electron chi connectivity index (χ3n) is 5.57. The van der Waals surface area contributed by atoms with Crippen molar-refractivity contribution in [2.24, 2.45) is 15.9 Å². The Labute approximate surface area is 222 Å². The number of amides is 4. The van der Waals surface area contributed by atoms with Crippen LogP contribution in [-0.4, -0.2) is 87.0 Å². The van der Waals surface area contributed by atoms with Gasteiger partial charge in [-0.3, -0.25) is 39.2 Å². The molecule has 1 atom stereocenters. The normalized spacial score (nSPS) is 12.2. The lowest BCUT2D eigenvalue weighted by molar-refractivity contribution is -0.129. The Morgan fingerprint density at radius 2 is 1.95 bits per heavy atom. The van der Waals surface area contributed by atoms with Crippen molar-refractivity contribution in [1.82, 2.24) is 20.9 Å². The number of aldehydes is 1. The maximum atomic E-state index is 12.6. The maximum Gasteiger partial charge on any atom is 0.243 e. The van der Waals surface area contributed by atoms with Crippen LogP contribution in [-0.2, 0) is 25.7 Å². The standard InChI is InChI=1S/C25H38N8O5/c1-3-6-23(25(38)30-18-36)33(2)15-21-19(16-34)7-4-8-22(21)31-24(37)9-5-10-27-11-12-28-13-20(32-26)14-29-17-35/h4,7-8,13,16-18,23,27H,3,5-6,9-12,14-15,26H2,1-2H3,(H,29,35)(H,31,37)(H,30,36,38). The molecule has 13 nitrogen and oxygen atoms in total. The number of anilines is 1. The van der Waals surface area contributed by atoms with Crippen LogP contribution in [0.3, 0.4) is 0 Å². The highest BCUT2D eigenvalue weighted by Crippen LogP contribution is 2.23.